The van der Waals surface area contributed by atoms with Gasteiger partial charge in [0.25, 0.3) is 0 Å². The van der Waals surface area contributed by atoms with Crippen molar-refractivity contribution in [3.8, 4) is 0 Å². The summed E-state index contributed by atoms with van der Waals surface area (Å²) in [4.78, 5) is 2.66. The fraction of sp³-hybridized carbons (Fsp3) is 1.00. The standard InChI is InChI=1S/C13H26N2O/c1-3-12-10-16-9-8-15(12)11-13(2)4-6-14-7-5-13/h12,14H,3-11H2,1-2H3. The Hall–Kier alpha value is -0.120. The van der Waals surface area contributed by atoms with E-state index >= 15 is 0 Å². The largest absolute Gasteiger partial charge is 0.378 e. The number of rotatable bonds is 3. The average molecular weight is 226 g/mol. The molecule has 0 aromatic heterocycles. The molecular formula is C13H26N2O. The molecule has 16 heavy (non-hydrogen) atoms. The van der Waals surface area contributed by atoms with Crippen LogP contribution in [0.15, 0.2) is 0 Å². The van der Waals surface area contributed by atoms with Gasteiger partial charge in [-0.25, -0.2) is 0 Å². The van der Waals surface area contributed by atoms with Gasteiger partial charge < -0.3 is 10.1 Å². The van der Waals surface area contributed by atoms with Crippen LogP contribution in [0.3, 0.4) is 0 Å². The minimum Gasteiger partial charge on any atom is -0.378 e. The minimum atomic E-state index is 0.524. The van der Waals surface area contributed by atoms with Gasteiger partial charge in [0, 0.05) is 19.1 Å². The summed E-state index contributed by atoms with van der Waals surface area (Å²) in [6, 6.07) is 0.653. The molecule has 2 aliphatic heterocycles. The molecule has 2 saturated heterocycles. The molecule has 0 aromatic rings. The summed E-state index contributed by atoms with van der Waals surface area (Å²) < 4.78 is 5.57. The number of nitrogens with zero attached hydrogens (tertiary/aromatic N) is 1. The van der Waals surface area contributed by atoms with Gasteiger partial charge in [0.1, 0.15) is 0 Å². The molecule has 0 saturated carbocycles. The Morgan fingerprint density at radius 3 is 2.81 bits per heavy atom. The van der Waals surface area contributed by atoms with E-state index in [0.717, 1.165) is 19.8 Å². The highest BCUT2D eigenvalue weighted by molar-refractivity contribution is 4.86. The van der Waals surface area contributed by atoms with E-state index < -0.39 is 0 Å². The van der Waals surface area contributed by atoms with Crippen molar-refractivity contribution in [2.45, 2.75) is 39.2 Å². The smallest absolute Gasteiger partial charge is 0.0622 e. The van der Waals surface area contributed by atoms with Gasteiger partial charge in [0.15, 0.2) is 0 Å². The van der Waals surface area contributed by atoms with Crippen LogP contribution in [0, 0.1) is 5.41 Å². The number of hydrogen-bond donors (Lipinski definition) is 1. The van der Waals surface area contributed by atoms with Crippen molar-refractivity contribution < 1.29 is 4.74 Å². The molecule has 2 rings (SSSR count). The van der Waals surface area contributed by atoms with Crippen molar-refractivity contribution in [2.75, 3.05) is 39.4 Å². The summed E-state index contributed by atoms with van der Waals surface area (Å²) in [5.41, 5.74) is 0.524. The molecule has 1 N–H and O–H groups in total. The summed E-state index contributed by atoms with van der Waals surface area (Å²) in [5, 5.41) is 3.46. The summed E-state index contributed by atoms with van der Waals surface area (Å²) in [6.45, 7) is 11.4. The van der Waals surface area contributed by atoms with Gasteiger partial charge >= 0.3 is 0 Å². The molecule has 94 valence electrons. The van der Waals surface area contributed by atoms with E-state index in [4.69, 9.17) is 4.74 Å². The van der Waals surface area contributed by atoms with Gasteiger partial charge in [-0.05, 0) is 37.8 Å². The van der Waals surface area contributed by atoms with Crippen molar-refractivity contribution in [1.29, 1.82) is 0 Å². The Morgan fingerprint density at radius 1 is 1.38 bits per heavy atom. The van der Waals surface area contributed by atoms with Crippen LogP contribution in [0.25, 0.3) is 0 Å². The van der Waals surface area contributed by atoms with Crippen molar-refractivity contribution >= 4 is 0 Å². The first-order chi connectivity index (χ1) is 7.73. The molecule has 2 heterocycles. The summed E-state index contributed by atoms with van der Waals surface area (Å²) >= 11 is 0. The third-order valence-electron chi connectivity index (χ3n) is 4.22. The van der Waals surface area contributed by atoms with Crippen LogP contribution in [0.2, 0.25) is 0 Å². The molecule has 0 bridgehead atoms. The molecule has 0 radical (unpaired) electrons. The molecule has 1 unspecified atom stereocenters. The summed E-state index contributed by atoms with van der Waals surface area (Å²) in [5.74, 6) is 0. The third kappa shape index (κ3) is 2.96. The molecular weight excluding hydrogens is 200 g/mol. The first-order valence-corrected chi connectivity index (χ1v) is 6.76. The lowest BCUT2D eigenvalue weighted by Crippen LogP contribution is -2.51. The Labute approximate surface area is 99.5 Å². The molecule has 2 aliphatic rings. The van der Waals surface area contributed by atoms with Gasteiger partial charge in [0.2, 0.25) is 0 Å². The van der Waals surface area contributed by atoms with Crippen LogP contribution in [0.4, 0.5) is 0 Å². The van der Waals surface area contributed by atoms with Crippen LogP contribution in [0.5, 0.6) is 0 Å². The zero-order chi connectivity index (χ0) is 11.4. The van der Waals surface area contributed by atoms with E-state index in [0.29, 0.717) is 11.5 Å². The minimum absolute atomic E-state index is 0.524. The lowest BCUT2D eigenvalue weighted by atomic mass is 9.80. The van der Waals surface area contributed by atoms with Gasteiger partial charge in [-0.3, -0.25) is 4.90 Å². The van der Waals surface area contributed by atoms with E-state index in [2.05, 4.69) is 24.1 Å². The fourth-order valence-corrected chi connectivity index (χ4v) is 2.95. The molecule has 1 atom stereocenters. The van der Waals surface area contributed by atoms with Crippen molar-refractivity contribution in [1.82, 2.24) is 10.2 Å². The van der Waals surface area contributed by atoms with E-state index in [1.54, 1.807) is 0 Å². The van der Waals surface area contributed by atoms with Crippen LogP contribution >= 0.6 is 0 Å². The van der Waals surface area contributed by atoms with E-state index in [9.17, 15) is 0 Å². The molecule has 3 heteroatoms. The number of piperidine rings is 1. The summed E-state index contributed by atoms with van der Waals surface area (Å²) in [7, 11) is 0. The average Bonchev–Trinajstić information content (AvgIpc) is 2.30. The second-order valence-electron chi connectivity index (χ2n) is 5.67. The first kappa shape index (κ1) is 12.3. The fourth-order valence-electron chi connectivity index (χ4n) is 2.95. The zero-order valence-corrected chi connectivity index (χ0v) is 10.8. The van der Waals surface area contributed by atoms with Crippen LogP contribution < -0.4 is 5.32 Å². The molecule has 0 amide bonds. The van der Waals surface area contributed by atoms with Gasteiger partial charge in [-0.15, -0.1) is 0 Å². The normalized spacial score (nSPS) is 31.5. The Morgan fingerprint density at radius 2 is 2.12 bits per heavy atom. The highest BCUT2D eigenvalue weighted by Crippen LogP contribution is 2.30. The molecule has 0 spiro atoms. The lowest BCUT2D eigenvalue weighted by molar-refractivity contribution is -0.0300. The molecule has 0 aliphatic carbocycles. The second kappa shape index (κ2) is 5.48. The molecule has 3 nitrogen and oxygen atoms in total. The van der Waals surface area contributed by atoms with Crippen molar-refractivity contribution in [2.24, 2.45) is 5.41 Å². The SMILES string of the molecule is CCC1COCCN1CC1(C)CCNCC1. The quantitative estimate of drug-likeness (QED) is 0.789. The highest BCUT2D eigenvalue weighted by Gasteiger charge is 2.32. The third-order valence-corrected chi connectivity index (χ3v) is 4.22. The number of nitrogens with one attached hydrogen (secondary N) is 1. The maximum Gasteiger partial charge on any atom is 0.0622 e. The Balaban J connectivity index is 1.90. The van der Waals surface area contributed by atoms with Crippen molar-refractivity contribution in [3.63, 3.8) is 0 Å². The van der Waals surface area contributed by atoms with E-state index in [-0.39, 0.29) is 0 Å². The van der Waals surface area contributed by atoms with Gasteiger partial charge in [-0.1, -0.05) is 13.8 Å². The van der Waals surface area contributed by atoms with Gasteiger partial charge in [-0.2, -0.15) is 0 Å². The predicted molar refractivity (Wildman–Crippen MR) is 66.7 cm³/mol. The molecule has 2 fully saturated rings. The van der Waals surface area contributed by atoms with E-state index in [1.807, 2.05) is 0 Å². The lowest BCUT2D eigenvalue weighted by Gasteiger charge is -2.43. The second-order valence-corrected chi connectivity index (χ2v) is 5.67. The van der Waals surface area contributed by atoms with Crippen LogP contribution in [-0.4, -0.2) is 50.3 Å². The Kier molecular flexibility index (Phi) is 4.22. The maximum absolute atomic E-state index is 5.57. The van der Waals surface area contributed by atoms with Crippen LogP contribution in [0.1, 0.15) is 33.1 Å². The number of hydrogen-bond acceptors (Lipinski definition) is 3. The topological polar surface area (TPSA) is 24.5 Å². The van der Waals surface area contributed by atoms with Crippen molar-refractivity contribution in [3.05, 3.63) is 0 Å². The molecule has 0 aromatic carbocycles. The Bertz CT molecular complexity index is 214. The highest BCUT2D eigenvalue weighted by atomic mass is 16.5. The van der Waals surface area contributed by atoms with E-state index in [1.165, 1.54) is 38.9 Å². The summed E-state index contributed by atoms with van der Waals surface area (Å²) in [6.07, 6.45) is 3.86. The predicted octanol–water partition coefficient (Wildman–Crippen LogP) is 1.49. The monoisotopic (exact) mass is 226 g/mol. The maximum atomic E-state index is 5.57. The zero-order valence-electron chi connectivity index (χ0n) is 10.8. The van der Waals surface area contributed by atoms with Crippen LogP contribution in [-0.2, 0) is 4.74 Å². The first-order valence-electron chi connectivity index (χ1n) is 6.76. The number of morpholine rings is 1. The van der Waals surface area contributed by atoms with Gasteiger partial charge in [0.05, 0.1) is 13.2 Å². The number of ether oxygens (including phenoxy) is 1.